The summed E-state index contributed by atoms with van der Waals surface area (Å²) in [6, 6.07) is 7.43. The van der Waals surface area contributed by atoms with Crippen molar-refractivity contribution in [3.63, 3.8) is 0 Å². The first kappa shape index (κ1) is 14.9. The Morgan fingerprint density at radius 3 is 2.40 bits per heavy atom. The van der Waals surface area contributed by atoms with Gasteiger partial charge in [0.25, 0.3) is 5.91 Å². The highest BCUT2D eigenvalue weighted by atomic mass is 16.5. The summed E-state index contributed by atoms with van der Waals surface area (Å²) in [7, 11) is 0. The molecule has 1 amide bonds. The van der Waals surface area contributed by atoms with E-state index in [1.807, 2.05) is 0 Å². The molecule has 1 aromatic rings. The highest BCUT2D eigenvalue weighted by Crippen LogP contribution is 2.17. The summed E-state index contributed by atoms with van der Waals surface area (Å²) in [6.45, 7) is 0.0669. The van der Waals surface area contributed by atoms with Crippen LogP contribution in [0.4, 0.5) is 0 Å². The number of nitrogens with one attached hydrogen (secondary N) is 1. The molecule has 20 heavy (non-hydrogen) atoms. The van der Waals surface area contributed by atoms with Crippen molar-refractivity contribution < 1.29 is 14.6 Å². The third-order valence-electron chi connectivity index (χ3n) is 3.70. The van der Waals surface area contributed by atoms with Gasteiger partial charge in [0, 0.05) is 6.04 Å². The number of aliphatic hydroxyl groups excluding tert-OH is 1. The molecule has 110 valence electrons. The van der Waals surface area contributed by atoms with E-state index in [9.17, 15) is 4.79 Å². The molecule has 2 N–H and O–H groups in total. The molecule has 1 aliphatic rings. The molecule has 0 saturated heterocycles. The van der Waals surface area contributed by atoms with Gasteiger partial charge in [-0.2, -0.15) is 0 Å². The predicted octanol–water partition coefficient (Wildman–Crippen LogP) is 2.40. The first-order valence-electron chi connectivity index (χ1n) is 7.40. The quantitative estimate of drug-likeness (QED) is 0.813. The van der Waals surface area contributed by atoms with Crippen molar-refractivity contribution in [3.05, 3.63) is 29.8 Å². The predicted molar refractivity (Wildman–Crippen MR) is 77.5 cm³/mol. The lowest BCUT2D eigenvalue weighted by molar-refractivity contribution is -0.123. The van der Waals surface area contributed by atoms with Crippen molar-refractivity contribution in [1.82, 2.24) is 5.32 Å². The minimum absolute atomic E-state index is 0.0163. The summed E-state index contributed by atoms with van der Waals surface area (Å²) in [5, 5.41) is 12.0. The molecule has 0 bridgehead atoms. The lowest BCUT2D eigenvalue weighted by Gasteiger charge is -2.16. The minimum Gasteiger partial charge on any atom is -0.484 e. The van der Waals surface area contributed by atoms with Gasteiger partial charge in [-0.3, -0.25) is 4.79 Å². The Hall–Kier alpha value is -1.55. The van der Waals surface area contributed by atoms with Gasteiger partial charge in [0.05, 0.1) is 6.61 Å². The zero-order valence-electron chi connectivity index (χ0n) is 11.8. The summed E-state index contributed by atoms with van der Waals surface area (Å²) in [5.41, 5.74) is 0.834. The SMILES string of the molecule is O=C(COc1ccc(CO)cc1)NC1CCCCCC1. The molecule has 4 nitrogen and oxygen atoms in total. The second-order valence-electron chi connectivity index (χ2n) is 5.35. The van der Waals surface area contributed by atoms with Gasteiger partial charge in [-0.05, 0) is 30.5 Å². The number of aliphatic hydroxyl groups is 1. The number of hydrogen-bond acceptors (Lipinski definition) is 3. The molecule has 1 saturated carbocycles. The lowest BCUT2D eigenvalue weighted by atomic mass is 10.1. The van der Waals surface area contributed by atoms with Gasteiger partial charge in [0.2, 0.25) is 0 Å². The fourth-order valence-electron chi connectivity index (χ4n) is 2.53. The number of amides is 1. The molecular formula is C16H23NO3. The second-order valence-corrected chi connectivity index (χ2v) is 5.35. The van der Waals surface area contributed by atoms with Crippen molar-refractivity contribution in [2.45, 2.75) is 51.2 Å². The Morgan fingerprint density at radius 1 is 1.15 bits per heavy atom. The molecule has 4 heteroatoms. The zero-order valence-corrected chi connectivity index (χ0v) is 11.8. The van der Waals surface area contributed by atoms with Crippen molar-refractivity contribution in [1.29, 1.82) is 0 Å². The van der Waals surface area contributed by atoms with Crippen LogP contribution in [0.15, 0.2) is 24.3 Å². The number of benzene rings is 1. The van der Waals surface area contributed by atoms with Gasteiger partial charge >= 0.3 is 0 Å². The van der Waals surface area contributed by atoms with E-state index in [-0.39, 0.29) is 19.1 Å². The van der Waals surface area contributed by atoms with E-state index in [4.69, 9.17) is 9.84 Å². The van der Waals surface area contributed by atoms with Gasteiger partial charge in [-0.1, -0.05) is 37.8 Å². The van der Waals surface area contributed by atoms with Gasteiger partial charge in [0.1, 0.15) is 5.75 Å². The van der Waals surface area contributed by atoms with Crippen LogP contribution in [0.2, 0.25) is 0 Å². The maximum absolute atomic E-state index is 11.8. The lowest BCUT2D eigenvalue weighted by Crippen LogP contribution is -2.37. The van der Waals surface area contributed by atoms with Crippen molar-refractivity contribution >= 4 is 5.91 Å². The molecule has 0 spiro atoms. The van der Waals surface area contributed by atoms with Crippen molar-refractivity contribution in [3.8, 4) is 5.75 Å². The fraction of sp³-hybridized carbons (Fsp3) is 0.562. The molecule has 0 atom stereocenters. The Balaban J connectivity index is 1.73. The van der Waals surface area contributed by atoms with Crippen molar-refractivity contribution in [2.24, 2.45) is 0 Å². The van der Waals surface area contributed by atoms with Gasteiger partial charge in [-0.25, -0.2) is 0 Å². The van der Waals surface area contributed by atoms with Crippen molar-refractivity contribution in [2.75, 3.05) is 6.61 Å². The van der Waals surface area contributed by atoms with Crippen LogP contribution in [-0.2, 0) is 11.4 Å². The highest BCUT2D eigenvalue weighted by Gasteiger charge is 2.14. The summed E-state index contributed by atoms with van der Waals surface area (Å²) < 4.78 is 5.45. The number of carbonyl (C=O) groups is 1. The summed E-state index contributed by atoms with van der Waals surface area (Å²) in [6.07, 6.45) is 7.12. The van der Waals surface area contributed by atoms with E-state index in [0.717, 1.165) is 18.4 Å². The van der Waals surface area contributed by atoms with Crippen LogP contribution in [0.25, 0.3) is 0 Å². The smallest absolute Gasteiger partial charge is 0.258 e. The molecule has 1 aliphatic carbocycles. The van der Waals surface area contributed by atoms with Gasteiger partial charge < -0.3 is 15.2 Å². The largest absolute Gasteiger partial charge is 0.484 e. The van der Waals surface area contributed by atoms with E-state index in [0.29, 0.717) is 11.8 Å². The average molecular weight is 277 g/mol. The highest BCUT2D eigenvalue weighted by molar-refractivity contribution is 5.77. The van der Waals surface area contributed by atoms with Gasteiger partial charge in [-0.15, -0.1) is 0 Å². The molecule has 0 unspecified atom stereocenters. The molecule has 1 fully saturated rings. The Kier molecular flexibility index (Phi) is 5.87. The average Bonchev–Trinajstić information content (AvgIpc) is 2.74. The molecule has 1 aromatic carbocycles. The van der Waals surface area contributed by atoms with Crippen LogP contribution < -0.4 is 10.1 Å². The number of carbonyl (C=O) groups excluding carboxylic acids is 1. The summed E-state index contributed by atoms with van der Waals surface area (Å²) in [4.78, 5) is 11.8. The molecule has 0 aliphatic heterocycles. The van der Waals surface area contributed by atoms with Crippen LogP contribution in [-0.4, -0.2) is 23.7 Å². The molecule has 0 radical (unpaired) electrons. The zero-order chi connectivity index (χ0) is 14.2. The summed E-state index contributed by atoms with van der Waals surface area (Å²) in [5.74, 6) is 0.598. The molecule has 0 heterocycles. The van der Waals surface area contributed by atoms with Gasteiger partial charge in [0.15, 0.2) is 6.61 Å². The molecule has 2 rings (SSSR count). The normalized spacial score (nSPS) is 16.4. The minimum atomic E-state index is -0.0527. The second kappa shape index (κ2) is 7.90. The van der Waals surface area contributed by atoms with Crippen LogP contribution in [0.1, 0.15) is 44.1 Å². The first-order valence-corrected chi connectivity index (χ1v) is 7.40. The standard InChI is InChI=1S/C16H23NO3/c18-11-13-7-9-15(10-8-13)20-12-16(19)17-14-5-3-1-2-4-6-14/h7-10,14,18H,1-6,11-12H2,(H,17,19). The van der Waals surface area contributed by atoms with Crippen LogP contribution in [0.5, 0.6) is 5.75 Å². The summed E-state index contributed by atoms with van der Waals surface area (Å²) >= 11 is 0. The molecule has 0 aromatic heterocycles. The first-order chi connectivity index (χ1) is 9.78. The Morgan fingerprint density at radius 2 is 1.80 bits per heavy atom. The maximum Gasteiger partial charge on any atom is 0.258 e. The topological polar surface area (TPSA) is 58.6 Å². The van der Waals surface area contributed by atoms with Crippen LogP contribution in [0, 0.1) is 0 Å². The van der Waals surface area contributed by atoms with E-state index in [1.165, 1.54) is 25.7 Å². The third-order valence-corrected chi connectivity index (χ3v) is 3.70. The number of ether oxygens (including phenoxy) is 1. The van der Waals surface area contributed by atoms with E-state index in [2.05, 4.69) is 5.32 Å². The number of hydrogen-bond donors (Lipinski definition) is 2. The van der Waals surface area contributed by atoms with E-state index < -0.39 is 0 Å². The van der Waals surface area contributed by atoms with Crippen LogP contribution >= 0.6 is 0 Å². The maximum atomic E-state index is 11.8. The molecular weight excluding hydrogens is 254 g/mol. The van der Waals surface area contributed by atoms with E-state index >= 15 is 0 Å². The Bertz CT molecular complexity index is 408. The van der Waals surface area contributed by atoms with E-state index in [1.54, 1.807) is 24.3 Å². The fourth-order valence-corrected chi connectivity index (χ4v) is 2.53. The number of rotatable bonds is 5. The monoisotopic (exact) mass is 277 g/mol. The Labute approximate surface area is 120 Å². The van der Waals surface area contributed by atoms with Crippen LogP contribution in [0.3, 0.4) is 0 Å². The third kappa shape index (κ3) is 4.85.